The Morgan fingerprint density at radius 3 is 2.00 bits per heavy atom. The molecule has 0 unspecified atom stereocenters. The third kappa shape index (κ3) is 7.58. The third-order valence-corrected chi connectivity index (χ3v) is 4.66. The van der Waals surface area contributed by atoms with Gasteiger partial charge < -0.3 is 21.1 Å². The molecular weight excluding hydrogens is 382 g/mol. The van der Waals surface area contributed by atoms with Gasteiger partial charge in [0.05, 0.1) is 0 Å². The van der Waals surface area contributed by atoms with Crippen LogP contribution < -0.4 is 16.4 Å². The van der Waals surface area contributed by atoms with Gasteiger partial charge in [-0.25, -0.2) is 4.79 Å². The van der Waals surface area contributed by atoms with E-state index in [1.54, 1.807) is 13.8 Å². The molecule has 0 saturated carbocycles. The zero-order valence-corrected chi connectivity index (χ0v) is 17.3. The van der Waals surface area contributed by atoms with E-state index in [0.29, 0.717) is 12.8 Å². The molecule has 7 heteroatoms. The Bertz CT molecular complexity index is 825. The van der Waals surface area contributed by atoms with E-state index in [0.717, 1.165) is 11.1 Å². The highest BCUT2D eigenvalue weighted by Gasteiger charge is 2.28. The Balaban J connectivity index is 1.91. The second-order valence-electron chi connectivity index (χ2n) is 7.42. The quantitative estimate of drug-likeness (QED) is 0.558. The predicted octanol–water partition coefficient (Wildman–Crippen LogP) is 2.54. The number of hydrogen-bond acceptors (Lipinski definition) is 4. The maximum atomic E-state index is 12.7. The summed E-state index contributed by atoms with van der Waals surface area (Å²) in [6, 6.07) is 17.2. The van der Waals surface area contributed by atoms with Gasteiger partial charge in [-0.3, -0.25) is 9.59 Å². The number of carbonyl (C=O) groups is 3. The Hall–Kier alpha value is -3.35. The average molecular weight is 412 g/mol. The number of amides is 3. The summed E-state index contributed by atoms with van der Waals surface area (Å²) in [6.07, 6.45) is 0.259. The van der Waals surface area contributed by atoms with E-state index in [1.165, 1.54) is 0 Å². The summed E-state index contributed by atoms with van der Waals surface area (Å²) in [7, 11) is 0. The number of alkyl carbamates (subject to hydrolysis) is 1. The van der Waals surface area contributed by atoms with Crippen LogP contribution in [0.1, 0.15) is 31.4 Å². The standard InChI is InChI=1S/C23H29N3O4/c1-16(2)20(26-23(29)30-15-18-11-7-4-8-12-18)22(28)25-19(21(24)27)14-13-17-9-5-3-6-10-17/h3-12,16,19-20H,13-15H2,1-2H3,(H2,24,27)(H,25,28)(H,26,29)/t19-,20-/m0/s1. The Kier molecular flexibility index (Phi) is 8.87. The maximum absolute atomic E-state index is 12.7. The zero-order valence-electron chi connectivity index (χ0n) is 17.3. The third-order valence-electron chi connectivity index (χ3n) is 4.66. The number of benzene rings is 2. The van der Waals surface area contributed by atoms with Gasteiger partial charge in [0.25, 0.3) is 0 Å². The molecule has 2 aromatic rings. The molecule has 0 aliphatic carbocycles. The van der Waals surface area contributed by atoms with Crippen LogP contribution in [-0.4, -0.2) is 30.0 Å². The molecule has 4 N–H and O–H groups in total. The van der Waals surface area contributed by atoms with Gasteiger partial charge >= 0.3 is 6.09 Å². The van der Waals surface area contributed by atoms with E-state index < -0.39 is 30.0 Å². The normalized spacial score (nSPS) is 12.6. The van der Waals surface area contributed by atoms with Crippen molar-refractivity contribution in [3.8, 4) is 0 Å². The van der Waals surface area contributed by atoms with Crippen LogP contribution in [0, 0.1) is 5.92 Å². The highest BCUT2D eigenvalue weighted by atomic mass is 16.5. The SMILES string of the molecule is CC(C)[C@H](NC(=O)OCc1ccccc1)C(=O)N[C@@H](CCc1ccccc1)C(N)=O. The van der Waals surface area contributed by atoms with Crippen LogP contribution in [0.25, 0.3) is 0 Å². The zero-order chi connectivity index (χ0) is 21.9. The van der Waals surface area contributed by atoms with Crippen LogP contribution >= 0.6 is 0 Å². The number of nitrogens with two attached hydrogens (primary N) is 1. The molecular formula is C23H29N3O4. The molecule has 0 aromatic heterocycles. The van der Waals surface area contributed by atoms with E-state index in [4.69, 9.17) is 10.5 Å². The Morgan fingerprint density at radius 2 is 1.47 bits per heavy atom. The summed E-state index contributed by atoms with van der Waals surface area (Å²) in [4.78, 5) is 36.7. The highest BCUT2D eigenvalue weighted by Crippen LogP contribution is 2.08. The molecule has 3 amide bonds. The van der Waals surface area contributed by atoms with Crippen LogP contribution in [-0.2, 0) is 27.4 Å². The van der Waals surface area contributed by atoms with E-state index in [2.05, 4.69) is 10.6 Å². The first-order valence-electron chi connectivity index (χ1n) is 9.97. The number of aryl methyl sites for hydroxylation is 1. The smallest absolute Gasteiger partial charge is 0.408 e. The van der Waals surface area contributed by atoms with Crippen molar-refractivity contribution in [1.29, 1.82) is 0 Å². The number of rotatable bonds is 10. The van der Waals surface area contributed by atoms with Crippen molar-refractivity contribution in [2.45, 2.75) is 45.4 Å². The first kappa shape index (κ1) is 22.9. The van der Waals surface area contributed by atoms with Crippen molar-refractivity contribution in [2.24, 2.45) is 11.7 Å². The van der Waals surface area contributed by atoms with Gasteiger partial charge in [-0.15, -0.1) is 0 Å². The fraction of sp³-hybridized carbons (Fsp3) is 0.348. The molecule has 0 fully saturated rings. The average Bonchev–Trinajstić information content (AvgIpc) is 2.74. The van der Waals surface area contributed by atoms with Crippen molar-refractivity contribution < 1.29 is 19.1 Å². The molecule has 0 spiro atoms. The Morgan fingerprint density at radius 1 is 0.900 bits per heavy atom. The number of carbonyl (C=O) groups excluding carboxylic acids is 3. The number of nitrogens with one attached hydrogen (secondary N) is 2. The van der Waals surface area contributed by atoms with Crippen molar-refractivity contribution in [1.82, 2.24) is 10.6 Å². The maximum Gasteiger partial charge on any atom is 0.408 e. The summed E-state index contributed by atoms with van der Waals surface area (Å²) in [5, 5.41) is 5.24. The van der Waals surface area contributed by atoms with E-state index in [1.807, 2.05) is 60.7 Å². The lowest BCUT2D eigenvalue weighted by molar-refractivity contribution is -0.129. The topological polar surface area (TPSA) is 111 Å². The molecule has 0 aliphatic rings. The Labute approximate surface area is 177 Å². The number of primary amides is 1. The monoisotopic (exact) mass is 411 g/mol. The second-order valence-corrected chi connectivity index (χ2v) is 7.42. The molecule has 2 aromatic carbocycles. The summed E-state index contributed by atoms with van der Waals surface area (Å²) in [5.74, 6) is -1.30. The van der Waals surface area contributed by atoms with E-state index >= 15 is 0 Å². The molecule has 0 heterocycles. The van der Waals surface area contributed by atoms with Gasteiger partial charge in [0, 0.05) is 0 Å². The van der Waals surface area contributed by atoms with E-state index in [-0.39, 0.29) is 12.5 Å². The molecule has 0 aliphatic heterocycles. The summed E-state index contributed by atoms with van der Waals surface area (Å²) < 4.78 is 5.19. The highest BCUT2D eigenvalue weighted by molar-refractivity contribution is 5.90. The van der Waals surface area contributed by atoms with Crippen molar-refractivity contribution in [2.75, 3.05) is 0 Å². The van der Waals surface area contributed by atoms with E-state index in [9.17, 15) is 14.4 Å². The predicted molar refractivity (Wildman–Crippen MR) is 114 cm³/mol. The molecule has 160 valence electrons. The molecule has 2 rings (SSSR count). The molecule has 30 heavy (non-hydrogen) atoms. The fourth-order valence-corrected chi connectivity index (χ4v) is 2.93. The summed E-state index contributed by atoms with van der Waals surface area (Å²) in [5.41, 5.74) is 7.36. The summed E-state index contributed by atoms with van der Waals surface area (Å²) in [6.45, 7) is 3.69. The largest absolute Gasteiger partial charge is 0.445 e. The lowest BCUT2D eigenvalue weighted by Crippen LogP contribution is -2.54. The van der Waals surface area contributed by atoms with Crippen LogP contribution in [0.4, 0.5) is 4.79 Å². The molecule has 0 bridgehead atoms. The minimum absolute atomic E-state index is 0.0973. The van der Waals surface area contributed by atoms with Crippen LogP contribution in [0.3, 0.4) is 0 Å². The van der Waals surface area contributed by atoms with Gasteiger partial charge in [-0.05, 0) is 29.9 Å². The minimum Gasteiger partial charge on any atom is -0.445 e. The van der Waals surface area contributed by atoms with Gasteiger partial charge in [-0.1, -0.05) is 74.5 Å². The number of hydrogen-bond donors (Lipinski definition) is 3. The van der Waals surface area contributed by atoms with Crippen molar-refractivity contribution in [3.05, 3.63) is 71.8 Å². The molecule has 0 saturated heterocycles. The van der Waals surface area contributed by atoms with Crippen LogP contribution in [0.2, 0.25) is 0 Å². The fourth-order valence-electron chi connectivity index (χ4n) is 2.93. The van der Waals surface area contributed by atoms with Gasteiger partial charge in [0.1, 0.15) is 18.7 Å². The minimum atomic E-state index is -0.855. The van der Waals surface area contributed by atoms with Gasteiger partial charge in [0.15, 0.2) is 0 Å². The lowest BCUT2D eigenvalue weighted by Gasteiger charge is -2.24. The summed E-state index contributed by atoms with van der Waals surface area (Å²) >= 11 is 0. The molecule has 0 radical (unpaired) electrons. The van der Waals surface area contributed by atoms with Crippen molar-refractivity contribution in [3.63, 3.8) is 0 Å². The molecule has 2 atom stereocenters. The molecule has 7 nitrogen and oxygen atoms in total. The number of ether oxygens (including phenoxy) is 1. The van der Waals surface area contributed by atoms with Crippen LogP contribution in [0.5, 0.6) is 0 Å². The van der Waals surface area contributed by atoms with Gasteiger partial charge in [-0.2, -0.15) is 0 Å². The lowest BCUT2D eigenvalue weighted by atomic mass is 10.0. The van der Waals surface area contributed by atoms with Gasteiger partial charge in [0.2, 0.25) is 11.8 Å². The van der Waals surface area contributed by atoms with Crippen molar-refractivity contribution >= 4 is 17.9 Å². The first-order valence-corrected chi connectivity index (χ1v) is 9.97. The van der Waals surface area contributed by atoms with Crippen LogP contribution in [0.15, 0.2) is 60.7 Å². The first-order chi connectivity index (χ1) is 14.4. The second kappa shape index (κ2) is 11.6.